The lowest BCUT2D eigenvalue weighted by Crippen LogP contribution is -2.42. The van der Waals surface area contributed by atoms with Crippen molar-refractivity contribution >= 4 is 9.84 Å². The molecule has 0 aromatic heterocycles. The van der Waals surface area contributed by atoms with E-state index in [1.165, 1.54) is 32.1 Å². The minimum absolute atomic E-state index is 0.176. The van der Waals surface area contributed by atoms with Crippen LogP contribution in [0.4, 0.5) is 0 Å². The number of rotatable bonds is 6. The van der Waals surface area contributed by atoms with E-state index in [0.717, 1.165) is 6.54 Å². The number of nitrogens with one attached hydrogen (secondary N) is 1. The standard InChI is InChI=1S/C12H25NO2S/c1-3-13-12(10-16(14,15)4-2)11-8-6-5-7-9-11/h11-13H,3-10H2,1-2H3. The van der Waals surface area contributed by atoms with Gasteiger partial charge in [0, 0.05) is 11.8 Å². The summed E-state index contributed by atoms with van der Waals surface area (Å²) in [4.78, 5) is 0. The first-order valence-electron chi connectivity index (χ1n) is 6.53. The molecule has 0 amide bonds. The van der Waals surface area contributed by atoms with Crippen molar-refractivity contribution in [2.75, 3.05) is 18.1 Å². The van der Waals surface area contributed by atoms with Gasteiger partial charge in [0.25, 0.3) is 0 Å². The highest BCUT2D eigenvalue weighted by Crippen LogP contribution is 2.27. The quantitative estimate of drug-likeness (QED) is 0.780. The maximum Gasteiger partial charge on any atom is 0.151 e. The SMILES string of the molecule is CCNC(CS(=O)(=O)CC)C1CCCCC1. The highest BCUT2D eigenvalue weighted by Gasteiger charge is 2.26. The van der Waals surface area contributed by atoms with Crippen molar-refractivity contribution in [1.29, 1.82) is 0 Å². The molecule has 1 unspecified atom stereocenters. The molecule has 1 aliphatic rings. The summed E-state index contributed by atoms with van der Waals surface area (Å²) in [5.41, 5.74) is 0. The minimum Gasteiger partial charge on any atom is -0.313 e. The van der Waals surface area contributed by atoms with E-state index < -0.39 is 9.84 Å². The molecule has 1 fully saturated rings. The van der Waals surface area contributed by atoms with Crippen LogP contribution in [0.5, 0.6) is 0 Å². The van der Waals surface area contributed by atoms with Gasteiger partial charge in [-0.05, 0) is 25.3 Å². The Labute approximate surface area is 99.9 Å². The van der Waals surface area contributed by atoms with Crippen LogP contribution < -0.4 is 5.32 Å². The van der Waals surface area contributed by atoms with Crippen LogP contribution in [-0.4, -0.2) is 32.5 Å². The van der Waals surface area contributed by atoms with Gasteiger partial charge in [0.1, 0.15) is 0 Å². The first-order valence-corrected chi connectivity index (χ1v) is 8.35. The molecular weight excluding hydrogens is 222 g/mol. The van der Waals surface area contributed by atoms with Gasteiger partial charge in [-0.15, -0.1) is 0 Å². The summed E-state index contributed by atoms with van der Waals surface area (Å²) in [6.07, 6.45) is 6.22. The zero-order valence-electron chi connectivity index (χ0n) is 10.5. The van der Waals surface area contributed by atoms with Crippen molar-refractivity contribution in [2.45, 2.75) is 52.0 Å². The van der Waals surface area contributed by atoms with Crippen LogP contribution >= 0.6 is 0 Å². The molecule has 0 spiro atoms. The van der Waals surface area contributed by atoms with Gasteiger partial charge in [0.2, 0.25) is 0 Å². The molecule has 3 nitrogen and oxygen atoms in total. The molecule has 0 saturated heterocycles. The van der Waals surface area contributed by atoms with Crippen LogP contribution in [-0.2, 0) is 9.84 Å². The highest BCUT2D eigenvalue weighted by atomic mass is 32.2. The van der Waals surface area contributed by atoms with Gasteiger partial charge in [-0.2, -0.15) is 0 Å². The second-order valence-electron chi connectivity index (χ2n) is 4.76. The van der Waals surface area contributed by atoms with E-state index in [4.69, 9.17) is 0 Å². The second kappa shape index (κ2) is 6.60. The first kappa shape index (κ1) is 14.0. The highest BCUT2D eigenvalue weighted by molar-refractivity contribution is 7.91. The Hall–Kier alpha value is -0.0900. The molecule has 1 rings (SSSR count). The van der Waals surface area contributed by atoms with Crippen molar-refractivity contribution in [3.63, 3.8) is 0 Å². The largest absolute Gasteiger partial charge is 0.313 e. The van der Waals surface area contributed by atoms with Crippen LogP contribution in [0.15, 0.2) is 0 Å². The van der Waals surface area contributed by atoms with Gasteiger partial charge in [-0.3, -0.25) is 0 Å². The number of hydrogen-bond acceptors (Lipinski definition) is 3. The van der Waals surface area contributed by atoms with Crippen LogP contribution in [0.3, 0.4) is 0 Å². The van der Waals surface area contributed by atoms with Crippen LogP contribution in [0.1, 0.15) is 46.0 Å². The molecule has 0 aromatic carbocycles. The fourth-order valence-corrected chi connectivity index (χ4v) is 3.72. The average Bonchev–Trinajstić information content (AvgIpc) is 2.29. The smallest absolute Gasteiger partial charge is 0.151 e. The van der Waals surface area contributed by atoms with Gasteiger partial charge in [0.05, 0.1) is 5.75 Å². The Morgan fingerprint density at radius 1 is 1.19 bits per heavy atom. The molecule has 4 heteroatoms. The molecule has 1 N–H and O–H groups in total. The van der Waals surface area contributed by atoms with E-state index in [1.54, 1.807) is 6.92 Å². The monoisotopic (exact) mass is 247 g/mol. The van der Waals surface area contributed by atoms with Crippen molar-refractivity contribution in [2.24, 2.45) is 5.92 Å². The van der Waals surface area contributed by atoms with E-state index in [-0.39, 0.29) is 11.8 Å². The van der Waals surface area contributed by atoms with E-state index in [1.807, 2.05) is 6.92 Å². The molecule has 96 valence electrons. The van der Waals surface area contributed by atoms with Crippen molar-refractivity contribution in [3.05, 3.63) is 0 Å². The Morgan fingerprint density at radius 3 is 2.31 bits per heavy atom. The summed E-state index contributed by atoms with van der Waals surface area (Å²) in [6.45, 7) is 4.65. The van der Waals surface area contributed by atoms with E-state index in [9.17, 15) is 8.42 Å². The molecule has 0 aliphatic heterocycles. The first-order chi connectivity index (χ1) is 7.59. The van der Waals surface area contributed by atoms with E-state index in [2.05, 4.69) is 5.32 Å². The normalized spacial score (nSPS) is 20.9. The Kier molecular flexibility index (Phi) is 5.76. The molecular formula is C12H25NO2S. The second-order valence-corrected chi connectivity index (χ2v) is 7.16. The summed E-state index contributed by atoms with van der Waals surface area (Å²) < 4.78 is 23.4. The molecule has 0 aromatic rings. The van der Waals surface area contributed by atoms with Crippen molar-refractivity contribution in [3.8, 4) is 0 Å². The molecule has 0 heterocycles. The minimum atomic E-state index is -2.85. The van der Waals surface area contributed by atoms with Crippen molar-refractivity contribution in [1.82, 2.24) is 5.32 Å². The van der Waals surface area contributed by atoms with Gasteiger partial charge in [-0.25, -0.2) is 8.42 Å². The summed E-state index contributed by atoms with van der Waals surface area (Å²) in [7, 11) is -2.85. The maximum atomic E-state index is 11.7. The van der Waals surface area contributed by atoms with Crippen LogP contribution in [0, 0.1) is 5.92 Å². The number of hydrogen-bond donors (Lipinski definition) is 1. The molecule has 1 aliphatic carbocycles. The molecule has 16 heavy (non-hydrogen) atoms. The number of sulfone groups is 1. The van der Waals surface area contributed by atoms with Crippen LogP contribution in [0.2, 0.25) is 0 Å². The molecule has 1 saturated carbocycles. The fourth-order valence-electron chi connectivity index (χ4n) is 2.55. The Bertz CT molecular complexity index is 281. The summed E-state index contributed by atoms with van der Waals surface area (Å²) >= 11 is 0. The van der Waals surface area contributed by atoms with Crippen LogP contribution in [0.25, 0.3) is 0 Å². The average molecular weight is 247 g/mol. The van der Waals surface area contributed by atoms with Gasteiger partial charge in [-0.1, -0.05) is 33.1 Å². The lowest BCUT2D eigenvalue weighted by Gasteiger charge is -2.30. The maximum absolute atomic E-state index is 11.7. The van der Waals surface area contributed by atoms with E-state index in [0.29, 0.717) is 11.7 Å². The summed E-state index contributed by atoms with van der Waals surface area (Å²) in [5, 5.41) is 3.36. The zero-order valence-corrected chi connectivity index (χ0v) is 11.4. The van der Waals surface area contributed by atoms with Gasteiger partial charge < -0.3 is 5.32 Å². The predicted octanol–water partition coefficient (Wildman–Crippen LogP) is 1.98. The predicted molar refractivity (Wildman–Crippen MR) is 68.4 cm³/mol. The third-order valence-electron chi connectivity index (χ3n) is 3.56. The summed E-state index contributed by atoms with van der Waals surface area (Å²) in [6, 6.07) is 0.176. The molecule has 0 bridgehead atoms. The fraction of sp³-hybridized carbons (Fsp3) is 1.00. The molecule has 1 atom stereocenters. The van der Waals surface area contributed by atoms with Gasteiger partial charge in [0.15, 0.2) is 9.84 Å². The third-order valence-corrected chi connectivity index (χ3v) is 5.31. The van der Waals surface area contributed by atoms with Crippen molar-refractivity contribution < 1.29 is 8.42 Å². The topological polar surface area (TPSA) is 46.2 Å². The third kappa shape index (κ3) is 4.42. The lowest BCUT2D eigenvalue weighted by atomic mass is 9.84. The Balaban J connectivity index is 2.58. The van der Waals surface area contributed by atoms with E-state index >= 15 is 0 Å². The van der Waals surface area contributed by atoms with Gasteiger partial charge >= 0.3 is 0 Å². The Morgan fingerprint density at radius 2 is 1.81 bits per heavy atom. The zero-order chi connectivity index (χ0) is 12.0. The molecule has 0 radical (unpaired) electrons. The lowest BCUT2D eigenvalue weighted by molar-refractivity contribution is 0.285. The summed E-state index contributed by atoms with van der Waals surface area (Å²) in [5.74, 6) is 1.15.